The molecule has 0 aliphatic carbocycles. The van der Waals surface area contributed by atoms with Crippen LogP contribution in [0.25, 0.3) is 0 Å². The number of ether oxygens (including phenoxy) is 1. The molecule has 2 aromatic rings. The van der Waals surface area contributed by atoms with Crippen molar-refractivity contribution in [3.05, 3.63) is 60.2 Å². The smallest absolute Gasteiger partial charge is 0.253 e. The lowest BCUT2D eigenvalue weighted by Crippen LogP contribution is -2.38. The van der Waals surface area contributed by atoms with Gasteiger partial charge in [0.15, 0.2) is 0 Å². The monoisotopic (exact) mass is 338 g/mol. The van der Waals surface area contributed by atoms with Gasteiger partial charge in [0.2, 0.25) is 0 Å². The predicted molar refractivity (Wildman–Crippen MR) is 100 cm³/mol. The molecule has 132 valence electrons. The third kappa shape index (κ3) is 4.83. The number of benzene rings is 2. The van der Waals surface area contributed by atoms with Crippen LogP contribution >= 0.6 is 0 Å². The van der Waals surface area contributed by atoms with Gasteiger partial charge in [-0.2, -0.15) is 0 Å². The Balaban J connectivity index is 1.60. The average Bonchev–Trinajstić information content (AvgIpc) is 2.67. The molecular formula is C21H26N2O2. The van der Waals surface area contributed by atoms with Crippen LogP contribution in [-0.4, -0.2) is 37.5 Å². The van der Waals surface area contributed by atoms with Crippen molar-refractivity contribution in [1.29, 1.82) is 0 Å². The van der Waals surface area contributed by atoms with Gasteiger partial charge in [-0.15, -0.1) is 0 Å². The molecule has 0 spiro atoms. The first-order valence-corrected chi connectivity index (χ1v) is 9.03. The van der Waals surface area contributed by atoms with Gasteiger partial charge in [0, 0.05) is 18.7 Å². The van der Waals surface area contributed by atoms with Gasteiger partial charge < -0.3 is 15.0 Å². The van der Waals surface area contributed by atoms with Gasteiger partial charge in [-0.05, 0) is 69.1 Å². The Hall–Kier alpha value is -2.33. The first-order valence-electron chi connectivity index (χ1n) is 9.03. The van der Waals surface area contributed by atoms with E-state index in [0.717, 1.165) is 44.1 Å². The summed E-state index contributed by atoms with van der Waals surface area (Å²) in [6.45, 7) is 2.74. The maximum Gasteiger partial charge on any atom is 0.253 e. The maximum atomic E-state index is 12.8. The Labute approximate surface area is 149 Å². The van der Waals surface area contributed by atoms with Crippen molar-refractivity contribution in [2.45, 2.75) is 19.3 Å². The van der Waals surface area contributed by atoms with Gasteiger partial charge in [0.25, 0.3) is 5.91 Å². The Bertz CT molecular complexity index is 679. The first kappa shape index (κ1) is 17.5. The van der Waals surface area contributed by atoms with E-state index in [2.05, 4.69) is 5.32 Å². The molecule has 25 heavy (non-hydrogen) atoms. The fraction of sp³-hybridized carbons (Fsp3) is 0.381. The van der Waals surface area contributed by atoms with Gasteiger partial charge >= 0.3 is 0 Å². The molecule has 2 aromatic carbocycles. The van der Waals surface area contributed by atoms with E-state index in [1.165, 1.54) is 6.42 Å². The zero-order valence-electron chi connectivity index (χ0n) is 14.8. The number of likely N-dealkylation sites (tertiary alicyclic amines) is 1. The van der Waals surface area contributed by atoms with Crippen LogP contribution in [-0.2, 0) is 0 Å². The van der Waals surface area contributed by atoms with Crippen LogP contribution in [0.15, 0.2) is 54.6 Å². The lowest BCUT2D eigenvalue weighted by atomic mass is 9.93. The standard InChI is InChI=1S/C21H26N2O2/c1-22-13-10-17-11-14-23(15-12-17)21(24)18-6-5-9-20(16-18)25-19-7-3-2-4-8-19/h2-9,16-17,22H,10-15H2,1H3. The van der Waals surface area contributed by atoms with Crippen molar-refractivity contribution in [2.75, 3.05) is 26.7 Å². The lowest BCUT2D eigenvalue weighted by molar-refractivity contribution is 0.0687. The van der Waals surface area contributed by atoms with E-state index in [0.29, 0.717) is 11.3 Å². The summed E-state index contributed by atoms with van der Waals surface area (Å²) < 4.78 is 5.84. The highest BCUT2D eigenvalue weighted by Gasteiger charge is 2.23. The summed E-state index contributed by atoms with van der Waals surface area (Å²) in [5, 5.41) is 3.21. The molecule has 1 aliphatic rings. The van der Waals surface area contributed by atoms with Crippen LogP contribution in [0.2, 0.25) is 0 Å². The van der Waals surface area contributed by atoms with Crippen LogP contribution in [0.3, 0.4) is 0 Å². The fourth-order valence-electron chi connectivity index (χ4n) is 3.27. The van der Waals surface area contributed by atoms with Crippen molar-refractivity contribution < 1.29 is 9.53 Å². The van der Waals surface area contributed by atoms with Crippen LogP contribution in [0.5, 0.6) is 11.5 Å². The molecule has 1 N–H and O–H groups in total. The summed E-state index contributed by atoms with van der Waals surface area (Å²) in [6, 6.07) is 17.1. The van der Waals surface area contributed by atoms with Crippen molar-refractivity contribution in [3.63, 3.8) is 0 Å². The van der Waals surface area contributed by atoms with Gasteiger partial charge in [0.05, 0.1) is 0 Å². The summed E-state index contributed by atoms with van der Waals surface area (Å²) in [5.41, 5.74) is 0.696. The highest BCUT2D eigenvalue weighted by atomic mass is 16.5. The number of para-hydroxylation sites is 1. The Morgan fingerprint density at radius 1 is 1.08 bits per heavy atom. The molecule has 0 radical (unpaired) electrons. The van der Waals surface area contributed by atoms with E-state index in [4.69, 9.17) is 4.74 Å². The second-order valence-electron chi connectivity index (χ2n) is 6.57. The molecule has 0 bridgehead atoms. The van der Waals surface area contributed by atoms with Crippen molar-refractivity contribution in [2.24, 2.45) is 5.92 Å². The topological polar surface area (TPSA) is 41.6 Å². The van der Waals surface area contributed by atoms with E-state index in [-0.39, 0.29) is 5.91 Å². The normalized spacial score (nSPS) is 15.2. The summed E-state index contributed by atoms with van der Waals surface area (Å²) in [6.07, 6.45) is 3.38. The minimum absolute atomic E-state index is 0.102. The molecule has 1 heterocycles. The second kappa shape index (κ2) is 8.67. The minimum atomic E-state index is 0.102. The van der Waals surface area contributed by atoms with E-state index in [1.54, 1.807) is 0 Å². The molecule has 1 saturated heterocycles. The van der Waals surface area contributed by atoms with Gasteiger partial charge in [0.1, 0.15) is 11.5 Å². The molecule has 1 fully saturated rings. The number of carbonyl (C=O) groups excluding carboxylic acids is 1. The number of nitrogens with zero attached hydrogens (tertiary/aromatic N) is 1. The number of nitrogens with one attached hydrogen (secondary N) is 1. The number of hydrogen-bond donors (Lipinski definition) is 1. The third-order valence-corrected chi connectivity index (χ3v) is 4.76. The largest absolute Gasteiger partial charge is 0.457 e. The quantitative estimate of drug-likeness (QED) is 0.867. The Morgan fingerprint density at radius 2 is 1.80 bits per heavy atom. The predicted octanol–water partition coefficient (Wildman–Crippen LogP) is 3.94. The van der Waals surface area contributed by atoms with E-state index in [9.17, 15) is 4.79 Å². The van der Waals surface area contributed by atoms with Crippen molar-refractivity contribution in [3.8, 4) is 11.5 Å². The maximum absolute atomic E-state index is 12.8. The van der Waals surface area contributed by atoms with E-state index < -0.39 is 0 Å². The van der Waals surface area contributed by atoms with E-state index >= 15 is 0 Å². The number of amides is 1. The summed E-state index contributed by atoms with van der Waals surface area (Å²) in [7, 11) is 1.99. The molecule has 3 rings (SSSR count). The van der Waals surface area contributed by atoms with Crippen LogP contribution < -0.4 is 10.1 Å². The summed E-state index contributed by atoms with van der Waals surface area (Å²) in [4.78, 5) is 14.8. The zero-order chi connectivity index (χ0) is 17.5. The zero-order valence-corrected chi connectivity index (χ0v) is 14.8. The van der Waals surface area contributed by atoms with Gasteiger partial charge in [-0.25, -0.2) is 0 Å². The molecular weight excluding hydrogens is 312 g/mol. The second-order valence-corrected chi connectivity index (χ2v) is 6.57. The minimum Gasteiger partial charge on any atom is -0.457 e. The van der Waals surface area contributed by atoms with Crippen molar-refractivity contribution >= 4 is 5.91 Å². The van der Waals surface area contributed by atoms with Crippen LogP contribution in [0, 0.1) is 5.92 Å². The highest BCUT2D eigenvalue weighted by Crippen LogP contribution is 2.25. The molecule has 1 aliphatic heterocycles. The summed E-state index contributed by atoms with van der Waals surface area (Å²) >= 11 is 0. The van der Waals surface area contributed by atoms with Gasteiger partial charge in [-0.3, -0.25) is 4.79 Å². The Kier molecular flexibility index (Phi) is 6.07. The van der Waals surface area contributed by atoms with Gasteiger partial charge in [-0.1, -0.05) is 24.3 Å². The van der Waals surface area contributed by atoms with Crippen LogP contribution in [0.1, 0.15) is 29.6 Å². The van der Waals surface area contributed by atoms with E-state index in [1.807, 2.05) is 66.5 Å². The molecule has 0 atom stereocenters. The van der Waals surface area contributed by atoms with Crippen LogP contribution in [0.4, 0.5) is 0 Å². The average molecular weight is 338 g/mol. The number of carbonyl (C=O) groups is 1. The molecule has 4 nitrogen and oxygen atoms in total. The lowest BCUT2D eigenvalue weighted by Gasteiger charge is -2.32. The fourth-order valence-corrected chi connectivity index (χ4v) is 3.27. The number of piperidine rings is 1. The molecule has 1 amide bonds. The third-order valence-electron chi connectivity index (χ3n) is 4.76. The Morgan fingerprint density at radius 3 is 2.52 bits per heavy atom. The molecule has 0 unspecified atom stereocenters. The van der Waals surface area contributed by atoms with Crippen molar-refractivity contribution in [1.82, 2.24) is 10.2 Å². The summed E-state index contributed by atoms with van der Waals surface area (Å²) in [5.74, 6) is 2.30. The molecule has 4 heteroatoms. The SMILES string of the molecule is CNCCC1CCN(C(=O)c2cccc(Oc3ccccc3)c2)CC1. The number of rotatable bonds is 6. The number of hydrogen-bond acceptors (Lipinski definition) is 3. The molecule has 0 saturated carbocycles. The highest BCUT2D eigenvalue weighted by molar-refractivity contribution is 5.94. The first-order chi connectivity index (χ1) is 12.3. The molecule has 0 aromatic heterocycles.